The van der Waals surface area contributed by atoms with E-state index in [1.54, 1.807) is 0 Å². The number of aryl methyl sites for hydroxylation is 2. The van der Waals surface area contributed by atoms with Crippen LogP contribution in [0.3, 0.4) is 0 Å². The van der Waals surface area contributed by atoms with E-state index >= 15 is 0 Å². The first kappa shape index (κ1) is 17.8. The number of hydrogen-bond donors (Lipinski definition) is 3. The fraction of sp³-hybridized carbons (Fsp3) is 0.533. The lowest BCUT2D eigenvalue weighted by molar-refractivity contribution is -0.123. The predicted octanol–water partition coefficient (Wildman–Crippen LogP) is 0.801. The quantitative estimate of drug-likeness (QED) is 0.752. The van der Waals surface area contributed by atoms with Gasteiger partial charge in [-0.25, -0.2) is 0 Å². The minimum atomic E-state index is -0.379. The highest BCUT2D eigenvalue weighted by molar-refractivity contribution is 5.85. The molecule has 1 aromatic carbocycles. The van der Waals surface area contributed by atoms with Gasteiger partial charge in [-0.15, -0.1) is 12.4 Å². The minimum absolute atomic E-state index is 0. The summed E-state index contributed by atoms with van der Waals surface area (Å²) in [5.74, 6) is 0.619. The molecule has 2 rings (SSSR count). The number of benzene rings is 1. The third-order valence-corrected chi connectivity index (χ3v) is 3.71. The molecule has 1 fully saturated rings. The van der Waals surface area contributed by atoms with Gasteiger partial charge in [0.1, 0.15) is 5.75 Å². The van der Waals surface area contributed by atoms with Crippen LogP contribution in [0.4, 0.5) is 0 Å². The highest BCUT2D eigenvalue weighted by Crippen LogP contribution is 2.16. The summed E-state index contributed by atoms with van der Waals surface area (Å²) in [6.45, 7) is 5.85. The monoisotopic (exact) mass is 314 g/mol. The van der Waals surface area contributed by atoms with Crippen LogP contribution in [0, 0.1) is 19.8 Å². The van der Waals surface area contributed by atoms with Crippen molar-refractivity contribution in [2.45, 2.75) is 20.0 Å². The number of halogens is 1. The molecule has 0 bridgehead atoms. The van der Waals surface area contributed by atoms with Crippen LogP contribution in [0.1, 0.15) is 11.1 Å². The normalized spacial score (nSPS) is 20.7. The number of aliphatic hydroxyl groups excluding tert-OH is 1. The van der Waals surface area contributed by atoms with Crippen molar-refractivity contribution in [1.29, 1.82) is 0 Å². The maximum Gasteiger partial charge on any atom is 0.257 e. The predicted molar refractivity (Wildman–Crippen MR) is 84.0 cm³/mol. The Hall–Kier alpha value is -1.30. The Balaban J connectivity index is 0.00000220. The number of aliphatic hydroxyl groups is 1. The average Bonchev–Trinajstić information content (AvgIpc) is 2.83. The molecule has 1 aliphatic rings. The van der Waals surface area contributed by atoms with Crippen molar-refractivity contribution < 1.29 is 14.6 Å². The molecule has 6 heteroatoms. The largest absolute Gasteiger partial charge is 0.484 e. The molecule has 118 valence electrons. The Morgan fingerprint density at radius 3 is 2.76 bits per heavy atom. The van der Waals surface area contributed by atoms with E-state index in [1.165, 1.54) is 5.56 Å². The standard InChI is InChI=1S/C15H22N2O3.ClH/c1-10-3-4-13(5-11(10)2)20-9-15(19)17-7-12-6-16-8-14(12)18;/h3-5,12,14,16,18H,6-9H2,1-2H3,(H,17,19);1H. The first-order valence-corrected chi connectivity index (χ1v) is 6.92. The number of hydrogen-bond acceptors (Lipinski definition) is 4. The Bertz CT molecular complexity index is 482. The van der Waals surface area contributed by atoms with E-state index in [-0.39, 0.29) is 36.9 Å². The third kappa shape index (κ3) is 5.19. The fourth-order valence-electron chi connectivity index (χ4n) is 2.18. The lowest BCUT2D eigenvalue weighted by Crippen LogP contribution is -2.36. The lowest BCUT2D eigenvalue weighted by Gasteiger charge is -2.14. The summed E-state index contributed by atoms with van der Waals surface area (Å²) in [7, 11) is 0. The number of carbonyl (C=O) groups excluding carboxylic acids is 1. The van der Waals surface area contributed by atoms with Crippen LogP contribution in [0.2, 0.25) is 0 Å². The molecule has 0 radical (unpaired) electrons. The van der Waals surface area contributed by atoms with E-state index < -0.39 is 0 Å². The molecule has 2 unspecified atom stereocenters. The number of carbonyl (C=O) groups is 1. The summed E-state index contributed by atoms with van der Waals surface area (Å²) in [6, 6.07) is 5.76. The number of rotatable bonds is 5. The van der Waals surface area contributed by atoms with Gasteiger partial charge in [0.2, 0.25) is 0 Å². The van der Waals surface area contributed by atoms with Crippen LogP contribution in [0.15, 0.2) is 18.2 Å². The van der Waals surface area contributed by atoms with E-state index in [2.05, 4.69) is 10.6 Å². The van der Waals surface area contributed by atoms with Gasteiger partial charge in [-0.2, -0.15) is 0 Å². The number of amides is 1. The second-order valence-corrected chi connectivity index (χ2v) is 5.32. The van der Waals surface area contributed by atoms with Crippen molar-refractivity contribution in [3.63, 3.8) is 0 Å². The Kier molecular flexibility index (Phi) is 6.95. The van der Waals surface area contributed by atoms with E-state index in [0.717, 1.165) is 12.1 Å². The second kappa shape index (κ2) is 8.22. The second-order valence-electron chi connectivity index (χ2n) is 5.32. The topological polar surface area (TPSA) is 70.6 Å². The summed E-state index contributed by atoms with van der Waals surface area (Å²) in [4.78, 5) is 11.7. The molecular weight excluding hydrogens is 292 g/mol. The van der Waals surface area contributed by atoms with Gasteiger partial charge in [0.05, 0.1) is 6.10 Å². The maximum atomic E-state index is 11.7. The van der Waals surface area contributed by atoms with Crippen LogP contribution in [-0.4, -0.2) is 43.4 Å². The summed E-state index contributed by atoms with van der Waals surface area (Å²) >= 11 is 0. The molecule has 1 heterocycles. The molecule has 1 aromatic rings. The van der Waals surface area contributed by atoms with Crippen molar-refractivity contribution in [1.82, 2.24) is 10.6 Å². The molecule has 2 atom stereocenters. The summed E-state index contributed by atoms with van der Waals surface area (Å²) < 4.78 is 5.46. The molecule has 3 N–H and O–H groups in total. The molecular formula is C15H23ClN2O3. The Morgan fingerprint density at radius 2 is 2.14 bits per heavy atom. The smallest absolute Gasteiger partial charge is 0.257 e. The molecule has 1 aliphatic heterocycles. The SMILES string of the molecule is Cc1ccc(OCC(=O)NCC2CNCC2O)cc1C.Cl. The molecule has 0 spiro atoms. The molecule has 0 aromatic heterocycles. The van der Waals surface area contributed by atoms with Gasteiger partial charge in [0.15, 0.2) is 6.61 Å². The highest BCUT2D eigenvalue weighted by atomic mass is 35.5. The van der Waals surface area contributed by atoms with Crippen LogP contribution in [0.5, 0.6) is 5.75 Å². The van der Waals surface area contributed by atoms with Crippen molar-refractivity contribution in [3.8, 4) is 5.75 Å². The first-order valence-electron chi connectivity index (χ1n) is 6.92. The Labute approximate surface area is 131 Å². The summed E-state index contributed by atoms with van der Waals surface area (Å²) in [6.07, 6.45) is -0.379. The van der Waals surface area contributed by atoms with Crippen LogP contribution in [-0.2, 0) is 4.79 Å². The zero-order valence-electron chi connectivity index (χ0n) is 12.4. The van der Waals surface area contributed by atoms with E-state index in [4.69, 9.17) is 4.74 Å². The highest BCUT2D eigenvalue weighted by Gasteiger charge is 2.24. The molecule has 1 saturated heterocycles. The van der Waals surface area contributed by atoms with Gasteiger partial charge < -0.3 is 20.5 Å². The van der Waals surface area contributed by atoms with Crippen LogP contribution < -0.4 is 15.4 Å². The van der Waals surface area contributed by atoms with Gasteiger partial charge in [-0.3, -0.25) is 4.79 Å². The molecule has 5 nitrogen and oxygen atoms in total. The summed E-state index contributed by atoms with van der Waals surface area (Å²) in [5, 5.41) is 15.5. The third-order valence-electron chi connectivity index (χ3n) is 3.71. The van der Waals surface area contributed by atoms with Gasteiger partial charge in [-0.05, 0) is 37.1 Å². The van der Waals surface area contributed by atoms with Crippen LogP contribution >= 0.6 is 12.4 Å². The van der Waals surface area contributed by atoms with Crippen molar-refractivity contribution in [3.05, 3.63) is 29.3 Å². The molecule has 21 heavy (non-hydrogen) atoms. The zero-order chi connectivity index (χ0) is 14.5. The van der Waals surface area contributed by atoms with Crippen molar-refractivity contribution >= 4 is 18.3 Å². The van der Waals surface area contributed by atoms with Gasteiger partial charge in [0.25, 0.3) is 5.91 Å². The van der Waals surface area contributed by atoms with Gasteiger partial charge >= 0.3 is 0 Å². The summed E-state index contributed by atoms with van der Waals surface area (Å²) in [5.41, 5.74) is 2.34. The van der Waals surface area contributed by atoms with Gasteiger partial charge in [0, 0.05) is 25.6 Å². The van der Waals surface area contributed by atoms with E-state index in [1.807, 2.05) is 32.0 Å². The molecule has 0 saturated carbocycles. The zero-order valence-corrected chi connectivity index (χ0v) is 13.2. The van der Waals surface area contributed by atoms with Crippen molar-refractivity contribution in [2.24, 2.45) is 5.92 Å². The Morgan fingerprint density at radius 1 is 1.38 bits per heavy atom. The first-order chi connectivity index (χ1) is 9.56. The fourth-order valence-corrected chi connectivity index (χ4v) is 2.18. The van der Waals surface area contributed by atoms with E-state index in [9.17, 15) is 9.90 Å². The van der Waals surface area contributed by atoms with Crippen LogP contribution in [0.25, 0.3) is 0 Å². The lowest BCUT2D eigenvalue weighted by atomic mass is 10.1. The van der Waals surface area contributed by atoms with Gasteiger partial charge in [-0.1, -0.05) is 6.07 Å². The molecule has 1 amide bonds. The minimum Gasteiger partial charge on any atom is -0.484 e. The number of ether oxygens (including phenoxy) is 1. The maximum absolute atomic E-state index is 11.7. The molecule has 0 aliphatic carbocycles. The number of β-amino-alcohol motifs (C(OH)–C–C–N with tert-alkyl or cyclic N) is 1. The number of nitrogens with one attached hydrogen (secondary N) is 2. The average molecular weight is 315 g/mol. The van der Waals surface area contributed by atoms with E-state index in [0.29, 0.717) is 18.8 Å². The van der Waals surface area contributed by atoms with Crippen molar-refractivity contribution in [2.75, 3.05) is 26.2 Å².